The number of nitrogens with two attached hydrogens (primary N) is 1. The van der Waals surface area contributed by atoms with Crippen molar-refractivity contribution in [3.05, 3.63) is 0 Å². The molecule has 0 radical (unpaired) electrons. The fourth-order valence-corrected chi connectivity index (χ4v) is 1.67. The Kier molecular flexibility index (Phi) is 6.67. The molecule has 0 spiro atoms. The third-order valence-electron chi connectivity index (χ3n) is 4.00. The summed E-state index contributed by atoms with van der Waals surface area (Å²) >= 11 is 0. The maximum atomic E-state index is 5.64. The standard InChI is InChI=1S/C14H32N2O/c1-11(13(2,3)4)10-12(16-15)8-9-14(5,6)17-7/h11-12,16H,8-10,15H2,1-7H3. The first kappa shape index (κ1) is 16.9. The number of methoxy groups -OCH3 is 1. The predicted molar refractivity (Wildman–Crippen MR) is 74.7 cm³/mol. The van der Waals surface area contributed by atoms with Gasteiger partial charge in [0.1, 0.15) is 0 Å². The Balaban J connectivity index is 4.18. The van der Waals surface area contributed by atoms with Crippen LogP contribution in [0.15, 0.2) is 0 Å². The SMILES string of the molecule is COC(C)(C)CCC(CC(C)C(C)(C)C)NN. The van der Waals surface area contributed by atoms with E-state index in [0.29, 0.717) is 17.4 Å². The van der Waals surface area contributed by atoms with Crippen molar-refractivity contribution in [2.24, 2.45) is 17.2 Å². The second-order valence-corrected chi connectivity index (χ2v) is 6.87. The third kappa shape index (κ3) is 7.02. The highest BCUT2D eigenvalue weighted by Crippen LogP contribution is 2.30. The summed E-state index contributed by atoms with van der Waals surface area (Å²) in [5, 5.41) is 0. The zero-order chi connectivity index (χ0) is 13.7. The molecule has 104 valence electrons. The molecule has 0 fully saturated rings. The minimum Gasteiger partial charge on any atom is -0.379 e. The maximum Gasteiger partial charge on any atom is 0.0623 e. The first-order valence-electron chi connectivity index (χ1n) is 6.63. The Hall–Kier alpha value is -0.120. The van der Waals surface area contributed by atoms with Gasteiger partial charge in [-0.3, -0.25) is 11.3 Å². The summed E-state index contributed by atoms with van der Waals surface area (Å²) in [5.74, 6) is 6.29. The van der Waals surface area contributed by atoms with E-state index in [1.807, 2.05) is 0 Å². The fourth-order valence-electron chi connectivity index (χ4n) is 1.67. The minimum atomic E-state index is -0.0555. The van der Waals surface area contributed by atoms with Crippen LogP contribution < -0.4 is 11.3 Å². The van der Waals surface area contributed by atoms with Crippen LogP contribution in [0.4, 0.5) is 0 Å². The van der Waals surface area contributed by atoms with E-state index in [1.54, 1.807) is 7.11 Å². The van der Waals surface area contributed by atoms with Gasteiger partial charge in [0, 0.05) is 13.2 Å². The Morgan fingerprint density at radius 2 is 1.71 bits per heavy atom. The molecule has 0 amide bonds. The molecule has 0 aromatic carbocycles. The first-order chi connectivity index (χ1) is 7.62. The van der Waals surface area contributed by atoms with Gasteiger partial charge in [0.05, 0.1) is 5.60 Å². The van der Waals surface area contributed by atoms with Gasteiger partial charge in [0.25, 0.3) is 0 Å². The number of ether oxygens (including phenoxy) is 1. The molecule has 2 atom stereocenters. The quantitative estimate of drug-likeness (QED) is 0.534. The summed E-state index contributed by atoms with van der Waals surface area (Å²) < 4.78 is 5.44. The van der Waals surface area contributed by atoms with Crippen molar-refractivity contribution in [2.45, 2.75) is 72.4 Å². The summed E-state index contributed by atoms with van der Waals surface area (Å²) in [5.41, 5.74) is 3.23. The second kappa shape index (κ2) is 6.72. The predicted octanol–water partition coefficient (Wildman–Crippen LogP) is 3.10. The average Bonchev–Trinajstić information content (AvgIpc) is 2.22. The number of hydrogen-bond acceptors (Lipinski definition) is 3. The van der Waals surface area contributed by atoms with Crippen LogP contribution in [0.5, 0.6) is 0 Å². The molecule has 2 unspecified atom stereocenters. The van der Waals surface area contributed by atoms with Crippen LogP contribution in [-0.2, 0) is 4.74 Å². The molecular weight excluding hydrogens is 212 g/mol. The Bertz CT molecular complexity index is 209. The van der Waals surface area contributed by atoms with E-state index in [9.17, 15) is 0 Å². The molecule has 0 rings (SSSR count). The highest BCUT2D eigenvalue weighted by molar-refractivity contribution is 4.78. The molecular formula is C14H32N2O. The van der Waals surface area contributed by atoms with Crippen molar-refractivity contribution in [3.63, 3.8) is 0 Å². The molecule has 0 heterocycles. The molecule has 0 aliphatic carbocycles. The zero-order valence-corrected chi connectivity index (χ0v) is 12.8. The Labute approximate surface area is 107 Å². The van der Waals surface area contributed by atoms with Crippen LogP contribution in [0.3, 0.4) is 0 Å². The largest absolute Gasteiger partial charge is 0.379 e. The lowest BCUT2D eigenvalue weighted by molar-refractivity contribution is 0.0107. The highest BCUT2D eigenvalue weighted by Gasteiger charge is 2.25. The van der Waals surface area contributed by atoms with Crippen LogP contribution in [0.25, 0.3) is 0 Å². The zero-order valence-electron chi connectivity index (χ0n) is 12.8. The third-order valence-corrected chi connectivity index (χ3v) is 4.00. The molecule has 17 heavy (non-hydrogen) atoms. The van der Waals surface area contributed by atoms with Crippen LogP contribution in [0.2, 0.25) is 0 Å². The molecule has 3 nitrogen and oxygen atoms in total. The second-order valence-electron chi connectivity index (χ2n) is 6.87. The molecule has 0 aromatic rings. The van der Waals surface area contributed by atoms with Crippen molar-refractivity contribution < 1.29 is 4.74 Å². The van der Waals surface area contributed by atoms with Crippen molar-refractivity contribution in [2.75, 3.05) is 7.11 Å². The monoisotopic (exact) mass is 244 g/mol. The minimum absolute atomic E-state index is 0.0555. The topological polar surface area (TPSA) is 47.3 Å². The summed E-state index contributed by atoms with van der Waals surface area (Å²) in [6.07, 6.45) is 3.19. The lowest BCUT2D eigenvalue weighted by atomic mass is 9.78. The van der Waals surface area contributed by atoms with E-state index < -0.39 is 0 Å². The lowest BCUT2D eigenvalue weighted by Gasteiger charge is -2.32. The summed E-state index contributed by atoms with van der Waals surface area (Å²) in [4.78, 5) is 0. The van der Waals surface area contributed by atoms with Crippen molar-refractivity contribution in [3.8, 4) is 0 Å². The van der Waals surface area contributed by atoms with Gasteiger partial charge >= 0.3 is 0 Å². The van der Waals surface area contributed by atoms with E-state index in [4.69, 9.17) is 10.6 Å². The Morgan fingerprint density at radius 1 is 1.18 bits per heavy atom. The van der Waals surface area contributed by atoms with Gasteiger partial charge in [-0.15, -0.1) is 0 Å². The van der Waals surface area contributed by atoms with Gasteiger partial charge in [-0.05, 0) is 44.4 Å². The number of hydrazine groups is 1. The van der Waals surface area contributed by atoms with Gasteiger partial charge in [-0.1, -0.05) is 27.7 Å². The first-order valence-corrected chi connectivity index (χ1v) is 6.63. The van der Waals surface area contributed by atoms with E-state index in [1.165, 1.54) is 0 Å². The molecule has 0 aliphatic rings. The van der Waals surface area contributed by atoms with Crippen LogP contribution in [-0.4, -0.2) is 18.8 Å². The van der Waals surface area contributed by atoms with Gasteiger partial charge in [-0.2, -0.15) is 0 Å². The van der Waals surface area contributed by atoms with Crippen molar-refractivity contribution in [1.29, 1.82) is 0 Å². The maximum absolute atomic E-state index is 5.64. The number of rotatable bonds is 7. The molecule has 0 aliphatic heterocycles. The summed E-state index contributed by atoms with van der Waals surface area (Å²) in [6.45, 7) is 13.4. The Morgan fingerprint density at radius 3 is 2.06 bits per heavy atom. The smallest absolute Gasteiger partial charge is 0.0623 e. The molecule has 0 bridgehead atoms. The fraction of sp³-hybridized carbons (Fsp3) is 1.00. The lowest BCUT2D eigenvalue weighted by Crippen LogP contribution is -2.39. The van der Waals surface area contributed by atoms with E-state index in [0.717, 1.165) is 19.3 Å². The average molecular weight is 244 g/mol. The number of nitrogens with one attached hydrogen (secondary N) is 1. The van der Waals surface area contributed by atoms with Crippen molar-refractivity contribution in [1.82, 2.24) is 5.43 Å². The van der Waals surface area contributed by atoms with Gasteiger partial charge in [0.15, 0.2) is 0 Å². The summed E-state index contributed by atoms with van der Waals surface area (Å²) in [7, 11) is 1.77. The molecule has 3 N–H and O–H groups in total. The van der Waals surface area contributed by atoms with Gasteiger partial charge in [-0.25, -0.2) is 0 Å². The molecule has 0 aromatic heterocycles. The van der Waals surface area contributed by atoms with Crippen LogP contribution in [0.1, 0.15) is 60.8 Å². The molecule has 0 saturated heterocycles. The summed E-state index contributed by atoms with van der Waals surface area (Å²) in [6, 6.07) is 0.374. The van der Waals surface area contributed by atoms with Gasteiger partial charge < -0.3 is 4.74 Å². The van der Waals surface area contributed by atoms with Crippen molar-refractivity contribution >= 4 is 0 Å². The van der Waals surface area contributed by atoms with Gasteiger partial charge in [0.2, 0.25) is 0 Å². The number of hydrogen-bond donors (Lipinski definition) is 2. The van der Waals surface area contributed by atoms with E-state index in [2.05, 4.69) is 47.0 Å². The molecule has 3 heteroatoms. The highest BCUT2D eigenvalue weighted by atomic mass is 16.5. The van der Waals surface area contributed by atoms with E-state index in [-0.39, 0.29) is 5.60 Å². The van der Waals surface area contributed by atoms with Crippen LogP contribution in [0, 0.1) is 11.3 Å². The normalized spacial score (nSPS) is 16.9. The molecule has 0 saturated carbocycles. The van der Waals surface area contributed by atoms with E-state index >= 15 is 0 Å². The van der Waals surface area contributed by atoms with Crippen LogP contribution >= 0.6 is 0 Å².